The van der Waals surface area contributed by atoms with Crippen LogP contribution in [0.5, 0.6) is 0 Å². The number of hydrogen-bond donors (Lipinski definition) is 2. The average Bonchev–Trinajstić information content (AvgIpc) is 2.86. The monoisotopic (exact) mass is 308 g/mol. The first-order valence-electron chi connectivity index (χ1n) is 6.98. The van der Waals surface area contributed by atoms with Crippen molar-refractivity contribution in [2.75, 3.05) is 12.3 Å². The van der Waals surface area contributed by atoms with Gasteiger partial charge in [0.2, 0.25) is 5.91 Å². The minimum Gasteiger partial charge on any atom is -0.354 e. The molecule has 0 unspecified atom stereocenters. The molecule has 0 aromatic carbocycles. The van der Waals surface area contributed by atoms with Gasteiger partial charge >= 0.3 is 0 Å². The zero-order chi connectivity index (χ0) is 14.8. The van der Waals surface area contributed by atoms with Gasteiger partial charge in [0.15, 0.2) is 5.16 Å². The van der Waals surface area contributed by atoms with Crippen molar-refractivity contribution in [3.05, 3.63) is 22.1 Å². The summed E-state index contributed by atoms with van der Waals surface area (Å²) < 4.78 is 1.51. The van der Waals surface area contributed by atoms with Crippen molar-refractivity contribution in [1.82, 2.24) is 20.2 Å². The number of nitrogens with one attached hydrogen (secondary N) is 2. The highest BCUT2D eigenvalue weighted by Gasteiger charge is 2.25. The molecule has 1 fully saturated rings. The molecule has 1 atom stereocenters. The third kappa shape index (κ3) is 2.80. The summed E-state index contributed by atoms with van der Waals surface area (Å²) in [5, 5.41) is 6.04. The molecule has 21 heavy (non-hydrogen) atoms. The Kier molecular flexibility index (Phi) is 3.96. The standard InChI is InChI=1S/C13H16N4O3S/c18-10(16-9-3-1-2-4-14-11(9)19)8-7-15-13-17(12(8)20)5-6-21-13/h7,9H,1-6H2,(H,14,19)(H,16,18)/t9-/m0/s1. The second kappa shape index (κ2) is 5.88. The Morgan fingerprint density at radius 1 is 1.43 bits per heavy atom. The maximum Gasteiger partial charge on any atom is 0.267 e. The maximum absolute atomic E-state index is 12.2. The Hall–Kier alpha value is -1.83. The molecule has 3 rings (SSSR count). The molecule has 2 aliphatic rings. The fourth-order valence-electron chi connectivity index (χ4n) is 2.49. The average molecular weight is 308 g/mol. The normalized spacial score (nSPS) is 21.3. The van der Waals surface area contributed by atoms with Crippen LogP contribution in [0, 0.1) is 0 Å². The Labute approximate surface area is 125 Å². The predicted molar refractivity (Wildman–Crippen MR) is 77.3 cm³/mol. The maximum atomic E-state index is 12.2. The first-order chi connectivity index (χ1) is 10.2. The van der Waals surface area contributed by atoms with Crippen LogP contribution in [0.15, 0.2) is 16.1 Å². The van der Waals surface area contributed by atoms with Crippen molar-refractivity contribution in [1.29, 1.82) is 0 Å². The highest BCUT2D eigenvalue weighted by molar-refractivity contribution is 7.99. The summed E-state index contributed by atoms with van der Waals surface area (Å²) in [5.74, 6) is 0.0746. The molecule has 3 heterocycles. The lowest BCUT2D eigenvalue weighted by Gasteiger charge is -2.15. The van der Waals surface area contributed by atoms with Gasteiger partial charge in [-0.1, -0.05) is 11.8 Å². The van der Waals surface area contributed by atoms with Crippen LogP contribution in [-0.2, 0) is 11.3 Å². The van der Waals surface area contributed by atoms with Crippen LogP contribution in [0.1, 0.15) is 29.6 Å². The van der Waals surface area contributed by atoms with E-state index in [-0.39, 0.29) is 17.0 Å². The van der Waals surface area contributed by atoms with Gasteiger partial charge in [0, 0.05) is 25.0 Å². The minimum atomic E-state index is -0.577. The number of rotatable bonds is 2. The molecule has 1 aromatic rings. The number of nitrogens with zero attached hydrogens (tertiary/aromatic N) is 2. The summed E-state index contributed by atoms with van der Waals surface area (Å²) in [5.41, 5.74) is -0.338. The summed E-state index contributed by atoms with van der Waals surface area (Å²) in [6.07, 6.45) is 3.66. The largest absolute Gasteiger partial charge is 0.354 e. The van der Waals surface area contributed by atoms with Gasteiger partial charge in [0.1, 0.15) is 11.6 Å². The van der Waals surface area contributed by atoms with Crippen molar-refractivity contribution < 1.29 is 9.59 Å². The molecular formula is C13H16N4O3S. The van der Waals surface area contributed by atoms with Crippen molar-refractivity contribution in [3.63, 3.8) is 0 Å². The molecule has 0 aliphatic carbocycles. The molecule has 2 N–H and O–H groups in total. The van der Waals surface area contributed by atoms with E-state index in [1.54, 1.807) is 0 Å². The van der Waals surface area contributed by atoms with Gasteiger partial charge in [-0.2, -0.15) is 0 Å². The molecule has 2 aliphatic heterocycles. The van der Waals surface area contributed by atoms with Crippen LogP contribution in [-0.4, -0.2) is 39.7 Å². The Morgan fingerprint density at radius 2 is 2.29 bits per heavy atom. The first kappa shape index (κ1) is 14.1. The van der Waals surface area contributed by atoms with Crippen molar-refractivity contribution in [2.45, 2.75) is 37.0 Å². The molecule has 0 spiro atoms. The molecule has 2 amide bonds. The van der Waals surface area contributed by atoms with E-state index < -0.39 is 11.9 Å². The van der Waals surface area contributed by atoms with Crippen LogP contribution in [0.25, 0.3) is 0 Å². The molecule has 112 valence electrons. The number of carbonyl (C=O) groups excluding carboxylic acids is 2. The summed E-state index contributed by atoms with van der Waals surface area (Å²) in [6.45, 7) is 1.20. The molecule has 8 heteroatoms. The SMILES string of the molecule is O=C(N[C@H]1CCCCNC1=O)c1cnc2n(c1=O)CCS2. The van der Waals surface area contributed by atoms with E-state index in [4.69, 9.17) is 0 Å². The number of hydrogen-bond acceptors (Lipinski definition) is 5. The summed E-state index contributed by atoms with van der Waals surface area (Å²) in [6, 6.07) is -0.577. The first-order valence-corrected chi connectivity index (χ1v) is 7.96. The van der Waals surface area contributed by atoms with Gasteiger partial charge in [-0.05, 0) is 19.3 Å². The zero-order valence-electron chi connectivity index (χ0n) is 11.4. The quantitative estimate of drug-likeness (QED) is 0.735. The Balaban J connectivity index is 1.79. The number of aromatic nitrogens is 2. The van der Waals surface area contributed by atoms with E-state index >= 15 is 0 Å². The number of fused-ring (bicyclic) bond motifs is 1. The summed E-state index contributed by atoms with van der Waals surface area (Å²) >= 11 is 1.50. The zero-order valence-corrected chi connectivity index (χ0v) is 12.2. The number of amides is 2. The second-order valence-corrected chi connectivity index (χ2v) is 6.13. The summed E-state index contributed by atoms with van der Waals surface area (Å²) in [7, 11) is 0. The van der Waals surface area contributed by atoms with Gasteiger partial charge < -0.3 is 10.6 Å². The third-order valence-corrected chi connectivity index (χ3v) is 4.61. The molecule has 0 saturated carbocycles. The molecule has 1 saturated heterocycles. The lowest BCUT2D eigenvalue weighted by atomic mass is 10.1. The summed E-state index contributed by atoms with van der Waals surface area (Å²) in [4.78, 5) is 40.4. The Morgan fingerprint density at radius 3 is 3.14 bits per heavy atom. The molecule has 1 aromatic heterocycles. The van der Waals surface area contributed by atoms with E-state index in [0.717, 1.165) is 18.6 Å². The van der Waals surface area contributed by atoms with Crippen molar-refractivity contribution >= 4 is 23.6 Å². The Bertz CT molecular complexity index is 643. The van der Waals surface area contributed by atoms with Gasteiger partial charge in [-0.15, -0.1) is 0 Å². The predicted octanol–water partition coefficient (Wildman–Crippen LogP) is -0.253. The topological polar surface area (TPSA) is 93.1 Å². The fraction of sp³-hybridized carbons (Fsp3) is 0.538. The van der Waals surface area contributed by atoms with Crippen LogP contribution >= 0.6 is 11.8 Å². The molecule has 0 radical (unpaired) electrons. The van der Waals surface area contributed by atoms with E-state index in [2.05, 4.69) is 15.6 Å². The molecule has 0 bridgehead atoms. The van der Waals surface area contributed by atoms with Crippen LogP contribution in [0.4, 0.5) is 0 Å². The highest BCUT2D eigenvalue weighted by atomic mass is 32.2. The lowest BCUT2D eigenvalue weighted by Crippen LogP contribution is -2.47. The molecular weight excluding hydrogens is 292 g/mol. The van der Waals surface area contributed by atoms with Gasteiger partial charge in [-0.25, -0.2) is 4.98 Å². The highest BCUT2D eigenvalue weighted by Crippen LogP contribution is 2.20. The van der Waals surface area contributed by atoms with Gasteiger partial charge in [-0.3, -0.25) is 19.0 Å². The van der Waals surface area contributed by atoms with Crippen molar-refractivity contribution in [2.24, 2.45) is 0 Å². The number of thioether (sulfide) groups is 1. The second-order valence-electron chi connectivity index (χ2n) is 5.07. The fourth-order valence-corrected chi connectivity index (χ4v) is 3.40. The number of carbonyl (C=O) groups is 2. The van der Waals surface area contributed by atoms with Crippen LogP contribution in [0.2, 0.25) is 0 Å². The van der Waals surface area contributed by atoms with E-state index in [0.29, 0.717) is 24.7 Å². The van der Waals surface area contributed by atoms with E-state index in [9.17, 15) is 14.4 Å². The van der Waals surface area contributed by atoms with Crippen LogP contribution in [0.3, 0.4) is 0 Å². The van der Waals surface area contributed by atoms with Gasteiger partial charge in [0.25, 0.3) is 11.5 Å². The van der Waals surface area contributed by atoms with E-state index in [1.807, 2.05) is 0 Å². The van der Waals surface area contributed by atoms with E-state index in [1.165, 1.54) is 22.5 Å². The van der Waals surface area contributed by atoms with Crippen LogP contribution < -0.4 is 16.2 Å². The van der Waals surface area contributed by atoms with Gasteiger partial charge in [0.05, 0.1) is 0 Å². The van der Waals surface area contributed by atoms with Crippen molar-refractivity contribution in [3.8, 4) is 0 Å². The lowest BCUT2D eigenvalue weighted by molar-refractivity contribution is -0.122. The smallest absolute Gasteiger partial charge is 0.267 e. The molecule has 7 nitrogen and oxygen atoms in total. The third-order valence-electron chi connectivity index (χ3n) is 3.64. The minimum absolute atomic E-state index is 0.00158.